The molecule has 0 unspecified atom stereocenters. The van der Waals surface area contributed by atoms with Gasteiger partial charge >= 0.3 is 0 Å². The van der Waals surface area contributed by atoms with Crippen LogP contribution in [0.2, 0.25) is 0 Å². The van der Waals surface area contributed by atoms with Gasteiger partial charge in [-0.2, -0.15) is 25.3 Å². The first-order valence-electron chi connectivity index (χ1n) is 3.95. The van der Waals surface area contributed by atoms with E-state index in [1.165, 1.54) is 0 Å². The highest BCUT2D eigenvalue weighted by molar-refractivity contribution is 7.80. The van der Waals surface area contributed by atoms with Crippen LogP contribution in [0.1, 0.15) is 12.8 Å². The van der Waals surface area contributed by atoms with Crippen LogP contribution in [0.4, 0.5) is 0 Å². The monoisotopic (exact) mass is 222 g/mol. The molecule has 0 heterocycles. The number of nitrogens with one attached hydrogen (secondary N) is 2. The van der Waals surface area contributed by atoms with Gasteiger partial charge in [-0.15, -0.1) is 0 Å². The van der Waals surface area contributed by atoms with E-state index in [0.29, 0.717) is 24.3 Å². The Labute approximate surface area is 88.7 Å². The van der Waals surface area contributed by atoms with Gasteiger partial charge in [-0.3, -0.25) is 9.59 Å². The van der Waals surface area contributed by atoms with Crippen LogP contribution in [0.25, 0.3) is 0 Å². The maximum Gasteiger partial charge on any atom is 0.222 e. The molecule has 0 aromatic heterocycles. The fourth-order valence-corrected chi connectivity index (χ4v) is 1.03. The fraction of sp³-hybridized carbons (Fsp3) is 0.714. The molecule has 4 nitrogen and oxygen atoms in total. The molecular formula is C7H14N2O2S2. The number of thiol groups is 2. The molecule has 0 fully saturated rings. The third-order valence-corrected chi connectivity index (χ3v) is 1.70. The first-order chi connectivity index (χ1) is 6.20. The van der Waals surface area contributed by atoms with Crippen LogP contribution in [-0.2, 0) is 9.59 Å². The molecule has 0 rings (SSSR count). The average molecular weight is 222 g/mol. The quantitative estimate of drug-likeness (QED) is 0.372. The lowest BCUT2D eigenvalue weighted by molar-refractivity contribution is -0.122. The second kappa shape index (κ2) is 8.25. The van der Waals surface area contributed by atoms with Gasteiger partial charge in [0.2, 0.25) is 11.8 Å². The number of carbonyl (C=O) groups excluding carboxylic acids is 2. The minimum absolute atomic E-state index is 0.110. The Morgan fingerprint density at radius 3 is 1.62 bits per heavy atom. The van der Waals surface area contributed by atoms with E-state index in [1.807, 2.05) is 0 Å². The number of hydrogen-bond acceptors (Lipinski definition) is 4. The molecule has 0 aromatic rings. The molecule has 0 aliphatic heterocycles. The third kappa shape index (κ3) is 7.98. The van der Waals surface area contributed by atoms with Crippen LogP contribution in [0.3, 0.4) is 0 Å². The smallest absolute Gasteiger partial charge is 0.222 e. The van der Waals surface area contributed by atoms with Crippen LogP contribution in [0, 0.1) is 0 Å². The van der Waals surface area contributed by atoms with E-state index in [0.717, 1.165) is 0 Å². The predicted molar refractivity (Wildman–Crippen MR) is 58.1 cm³/mol. The maximum atomic E-state index is 10.9. The molecule has 0 radical (unpaired) electrons. The Kier molecular flexibility index (Phi) is 8.02. The Bertz CT molecular complexity index is 158. The van der Waals surface area contributed by atoms with Crippen LogP contribution < -0.4 is 10.6 Å². The number of amides is 2. The van der Waals surface area contributed by atoms with Crippen molar-refractivity contribution in [2.24, 2.45) is 0 Å². The highest BCUT2D eigenvalue weighted by Gasteiger charge is 2.00. The van der Waals surface area contributed by atoms with E-state index < -0.39 is 0 Å². The second-order valence-corrected chi connectivity index (χ2v) is 3.22. The van der Waals surface area contributed by atoms with Crippen LogP contribution in [0.5, 0.6) is 0 Å². The standard InChI is InChI=1S/C7H14N2O2S2/c10-6(1-3-12)8-5-9-7(11)2-4-13/h12-13H,1-5H2,(H,8,10)(H,9,11). The van der Waals surface area contributed by atoms with Gasteiger partial charge in [0.25, 0.3) is 0 Å². The summed E-state index contributed by atoms with van der Waals surface area (Å²) in [7, 11) is 0. The summed E-state index contributed by atoms with van der Waals surface area (Å²) in [4.78, 5) is 21.7. The summed E-state index contributed by atoms with van der Waals surface area (Å²) in [5.41, 5.74) is 0. The Morgan fingerprint density at radius 2 is 1.31 bits per heavy atom. The SMILES string of the molecule is O=C(CCS)NCNC(=O)CCS. The summed E-state index contributed by atoms with van der Waals surface area (Å²) in [5.74, 6) is 0.801. The highest BCUT2D eigenvalue weighted by atomic mass is 32.1. The zero-order valence-electron chi connectivity index (χ0n) is 7.25. The Morgan fingerprint density at radius 1 is 0.923 bits per heavy atom. The molecule has 2 N–H and O–H groups in total. The molecule has 0 bridgehead atoms. The number of hydrogen-bond donors (Lipinski definition) is 4. The van der Waals surface area contributed by atoms with Gasteiger partial charge in [0.1, 0.15) is 0 Å². The van der Waals surface area contributed by atoms with E-state index in [-0.39, 0.29) is 18.5 Å². The van der Waals surface area contributed by atoms with Crippen molar-refractivity contribution in [1.29, 1.82) is 0 Å². The van der Waals surface area contributed by atoms with Crippen LogP contribution in [0.15, 0.2) is 0 Å². The summed E-state index contributed by atoms with van der Waals surface area (Å²) >= 11 is 7.80. The summed E-state index contributed by atoms with van der Waals surface area (Å²) in [5, 5.41) is 5.06. The minimum atomic E-state index is -0.110. The molecule has 76 valence electrons. The van der Waals surface area contributed by atoms with Crippen molar-refractivity contribution in [2.75, 3.05) is 18.2 Å². The maximum absolute atomic E-state index is 10.9. The van der Waals surface area contributed by atoms with Crippen molar-refractivity contribution < 1.29 is 9.59 Å². The molecule has 0 saturated carbocycles. The average Bonchev–Trinajstić information content (AvgIpc) is 2.05. The van der Waals surface area contributed by atoms with Gasteiger partial charge in [-0.1, -0.05) is 0 Å². The molecule has 0 spiro atoms. The summed E-state index contributed by atoms with van der Waals surface area (Å²) in [6.45, 7) is 0.180. The zero-order valence-corrected chi connectivity index (χ0v) is 9.04. The normalized spacial score (nSPS) is 9.38. The molecular weight excluding hydrogens is 208 g/mol. The number of carbonyl (C=O) groups is 2. The Balaban J connectivity index is 3.33. The molecule has 0 saturated heterocycles. The summed E-state index contributed by atoms with van der Waals surface area (Å²) < 4.78 is 0. The highest BCUT2D eigenvalue weighted by Crippen LogP contribution is 1.83. The van der Waals surface area contributed by atoms with Crippen molar-refractivity contribution in [3.8, 4) is 0 Å². The number of rotatable bonds is 6. The molecule has 0 aliphatic rings. The largest absolute Gasteiger partial charge is 0.339 e. The molecule has 2 amide bonds. The Hall–Kier alpha value is -0.360. The van der Waals surface area contributed by atoms with Gasteiger partial charge in [-0.05, 0) is 11.5 Å². The van der Waals surface area contributed by atoms with Crippen molar-refractivity contribution >= 4 is 37.1 Å². The van der Waals surface area contributed by atoms with E-state index in [2.05, 4.69) is 35.9 Å². The van der Waals surface area contributed by atoms with E-state index in [1.54, 1.807) is 0 Å². The second-order valence-electron chi connectivity index (χ2n) is 2.32. The van der Waals surface area contributed by atoms with Crippen molar-refractivity contribution in [3.05, 3.63) is 0 Å². The predicted octanol–water partition coefficient (Wildman–Crippen LogP) is -0.184. The molecule has 6 heteroatoms. The fourth-order valence-electron chi connectivity index (χ4n) is 0.621. The van der Waals surface area contributed by atoms with Gasteiger partial charge in [0.15, 0.2) is 0 Å². The van der Waals surface area contributed by atoms with Gasteiger partial charge < -0.3 is 10.6 Å². The van der Waals surface area contributed by atoms with Crippen molar-refractivity contribution in [1.82, 2.24) is 10.6 Å². The molecule has 0 aliphatic carbocycles. The zero-order chi connectivity index (χ0) is 10.1. The van der Waals surface area contributed by atoms with E-state index in [9.17, 15) is 9.59 Å². The minimum Gasteiger partial charge on any atom is -0.339 e. The lowest BCUT2D eigenvalue weighted by Gasteiger charge is -2.05. The van der Waals surface area contributed by atoms with Crippen molar-refractivity contribution in [2.45, 2.75) is 12.8 Å². The topological polar surface area (TPSA) is 58.2 Å². The molecule has 0 atom stereocenters. The molecule has 0 aromatic carbocycles. The molecule has 13 heavy (non-hydrogen) atoms. The lowest BCUT2D eigenvalue weighted by Crippen LogP contribution is -2.37. The lowest BCUT2D eigenvalue weighted by atomic mass is 10.4. The third-order valence-electron chi connectivity index (χ3n) is 1.25. The van der Waals surface area contributed by atoms with E-state index in [4.69, 9.17) is 0 Å². The summed E-state index contributed by atoms with van der Waals surface area (Å²) in [6, 6.07) is 0. The van der Waals surface area contributed by atoms with E-state index >= 15 is 0 Å². The van der Waals surface area contributed by atoms with Gasteiger partial charge in [0.05, 0.1) is 6.67 Å². The first-order valence-corrected chi connectivity index (χ1v) is 5.22. The van der Waals surface area contributed by atoms with Gasteiger partial charge in [0, 0.05) is 12.8 Å². The summed E-state index contributed by atoms with van der Waals surface area (Å²) in [6.07, 6.45) is 0.733. The van der Waals surface area contributed by atoms with Gasteiger partial charge in [-0.25, -0.2) is 0 Å². The first kappa shape index (κ1) is 12.6. The van der Waals surface area contributed by atoms with Crippen LogP contribution >= 0.6 is 25.3 Å². The van der Waals surface area contributed by atoms with Crippen molar-refractivity contribution in [3.63, 3.8) is 0 Å². The van der Waals surface area contributed by atoms with Crippen LogP contribution in [-0.4, -0.2) is 30.0 Å².